The van der Waals surface area contributed by atoms with Crippen LogP contribution in [0.4, 0.5) is 4.39 Å². The van der Waals surface area contributed by atoms with E-state index in [4.69, 9.17) is 0 Å². The number of halogens is 1. The van der Waals surface area contributed by atoms with Crippen molar-refractivity contribution in [2.75, 3.05) is 6.61 Å². The van der Waals surface area contributed by atoms with Crippen molar-refractivity contribution in [3.05, 3.63) is 95.6 Å². The van der Waals surface area contributed by atoms with E-state index < -0.39 is 11.9 Å². The van der Waals surface area contributed by atoms with Gasteiger partial charge in [0.2, 0.25) is 0 Å². The molecule has 7 nitrogen and oxygen atoms in total. The highest BCUT2D eigenvalue weighted by Gasteiger charge is 2.21. The molecule has 2 aromatic heterocycles. The van der Waals surface area contributed by atoms with Gasteiger partial charge in [-0.25, -0.2) is 4.39 Å². The highest BCUT2D eigenvalue weighted by atomic mass is 19.1. The summed E-state index contributed by atoms with van der Waals surface area (Å²) in [5.41, 5.74) is 3.38. The fourth-order valence-electron chi connectivity index (χ4n) is 3.53. The number of nitrogens with one attached hydrogen (secondary N) is 2. The van der Waals surface area contributed by atoms with E-state index in [1.165, 1.54) is 12.1 Å². The zero-order chi connectivity index (χ0) is 23.2. The second-order valence-electron chi connectivity index (χ2n) is 7.39. The summed E-state index contributed by atoms with van der Waals surface area (Å²) >= 11 is 0. The molecule has 1 amide bonds. The SMILES string of the molecule is N#Cc1cccc(C(=O)N[C@@H](CO)Cc2ccccn2)c1-c1cc(-c2ccc(F)cc2)[nH]n1. The fraction of sp³-hybridized carbons (Fsp3) is 0.120. The van der Waals surface area contributed by atoms with Crippen LogP contribution in [0.25, 0.3) is 22.5 Å². The number of amides is 1. The highest BCUT2D eigenvalue weighted by molar-refractivity contribution is 6.02. The Kier molecular flexibility index (Phi) is 6.53. The zero-order valence-corrected chi connectivity index (χ0v) is 17.5. The molecule has 0 radical (unpaired) electrons. The number of pyridine rings is 1. The molecular weight excluding hydrogens is 421 g/mol. The molecular formula is C25H20FN5O2. The molecule has 0 bridgehead atoms. The van der Waals surface area contributed by atoms with Crippen LogP contribution in [-0.2, 0) is 6.42 Å². The standard InChI is InChI=1S/C25H20FN5O2/c26-18-9-7-16(8-10-18)22-13-23(31-30-22)24-17(14-27)4-3-6-21(24)25(33)29-20(15-32)12-19-5-1-2-11-28-19/h1-11,13,20,32H,12,15H2,(H,29,33)(H,30,31)/t20-/m1/s1. The maximum Gasteiger partial charge on any atom is 0.252 e. The van der Waals surface area contributed by atoms with Crippen LogP contribution >= 0.6 is 0 Å². The van der Waals surface area contributed by atoms with E-state index in [1.54, 1.807) is 48.7 Å². The molecule has 2 aromatic carbocycles. The smallest absolute Gasteiger partial charge is 0.252 e. The van der Waals surface area contributed by atoms with Gasteiger partial charge >= 0.3 is 0 Å². The first-order chi connectivity index (χ1) is 16.1. The number of aliphatic hydroxyl groups is 1. The number of H-pyrrole nitrogens is 1. The third kappa shape index (κ3) is 4.95. The molecule has 0 aliphatic heterocycles. The van der Waals surface area contributed by atoms with Crippen LogP contribution in [-0.4, -0.2) is 38.8 Å². The van der Waals surface area contributed by atoms with Crippen LogP contribution in [0.2, 0.25) is 0 Å². The number of aliphatic hydroxyl groups excluding tert-OH is 1. The van der Waals surface area contributed by atoms with Crippen molar-refractivity contribution in [1.82, 2.24) is 20.5 Å². The van der Waals surface area contributed by atoms with Crippen molar-refractivity contribution >= 4 is 5.91 Å². The monoisotopic (exact) mass is 441 g/mol. The lowest BCUT2D eigenvalue weighted by Gasteiger charge is -2.17. The average molecular weight is 441 g/mol. The largest absolute Gasteiger partial charge is 0.394 e. The summed E-state index contributed by atoms with van der Waals surface area (Å²) in [6.45, 7) is -0.271. The second kappa shape index (κ2) is 9.85. The molecule has 33 heavy (non-hydrogen) atoms. The van der Waals surface area contributed by atoms with Crippen LogP contribution in [0, 0.1) is 17.1 Å². The van der Waals surface area contributed by atoms with E-state index in [9.17, 15) is 19.6 Å². The maximum atomic E-state index is 13.3. The number of carbonyl (C=O) groups is 1. The Morgan fingerprint density at radius 2 is 1.97 bits per heavy atom. The molecule has 164 valence electrons. The number of aromatic nitrogens is 3. The number of hydrogen-bond donors (Lipinski definition) is 3. The number of hydrogen-bond acceptors (Lipinski definition) is 5. The normalized spacial score (nSPS) is 11.5. The number of rotatable bonds is 7. The van der Waals surface area contributed by atoms with E-state index in [1.807, 2.05) is 12.1 Å². The molecule has 4 aromatic rings. The molecule has 0 aliphatic carbocycles. The van der Waals surface area contributed by atoms with Gasteiger partial charge in [0.25, 0.3) is 5.91 Å². The van der Waals surface area contributed by atoms with Gasteiger partial charge in [-0.1, -0.05) is 12.1 Å². The van der Waals surface area contributed by atoms with Crippen molar-refractivity contribution in [3.63, 3.8) is 0 Å². The molecule has 4 rings (SSSR count). The predicted octanol–water partition coefficient (Wildman–Crippen LogP) is 3.48. The third-order valence-electron chi connectivity index (χ3n) is 5.16. The lowest BCUT2D eigenvalue weighted by Crippen LogP contribution is -2.39. The van der Waals surface area contributed by atoms with E-state index in [2.05, 4.69) is 26.6 Å². The number of carbonyl (C=O) groups excluding carboxylic acids is 1. The Morgan fingerprint density at radius 1 is 1.15 bits per heavy atom. The second-order valence-corrected chi connectivity index (χ2v) is 7.39. The fourth-order valence-corrected chi connectivity index (χ4v) is 3.53. The molecule has 0 unspecified atom stereocenters. The summed E-state index contributed by atoms with van der Waals surface area (Å²) in [7, 11) is 0. The molecule has 8 heteroatoms. The molecule has 0 saturated heterocycles. The number of benzene rings is 2. The van der Waals surface area contributed by atoms with Gasteiger partial charge in [0.1, 0.15) is 5.82 Å². The molecule has 1 atom stereocenters. The maximum absolute atomic E-state index is 13.3. The number of aromatic amines is 1. The van der Waals surface area contributed by atoms with E-state index in [-0.39, 0.29) is 23.6 Å². The average Bonchev–Trinajstić information content (AvgIpc) is 3.34. The Hall–Kier alpha value is -4.35. The van der Waals surface area contributed by atoms with E-state index >= 15 is 0 Å². The Balaban J connectivity index is 1.64. The summed E-state index contributed by atoms with van der Waals surface area (Å²) in [4.78, 5) is 17.4. The van der Waals surface area contributed by atoms with Crippen molar-refractivity contribution in [1.29, 1.82) is 5.26 Å². The Labute approximate surface area is 189 Å². The third-order valence-corrected chi connectivity index (χ3v) is 5.16. The number of nitrogens with zero attached hydrogens (tertiary/aromatic N) is 3. The van der Waals surface area contributed by atoms with Gasteiger partial charge in [-0.05, 0) is 60.2 Å². The number of nitriles is 1. The minimum absolute atomic E-state index is 0.255. The zero-order valence-electron chi connectivity index (χ0n) is 17.5. The Bertz CT molecular complexity index is 1300. The molecule has 0 saturated carbocycles. The topological polar surface area (TPSA) is 115 Å². The van der Waals surface area contributed by atoms with Crippen LogP contribution in [0.3, 0.4) is 0 Å². The van der Waals surface area contributed by atoms with Gasteiger partial charge in [-0.15, -0.1) is 0 Å². The van der Waals surface area contributed by atoms with Gasteiger partial charge in [-0.2, -0.15) is 10.4 Å². The summed E-state index contributed by atoms with van der Waals surface area (Å²) in [6, 6.07) is 19.4. The van der Waals surface area contributed by atoms with Gasteiger partial charge in [0, 0.05) is 23.9 Å². The van der Waals surface area contributed by atoms with Gasteiger partial charge in [-0.3, -0.25) is 14.9 Å². The van der Waals surface area contributed by atoms with Crippen molar-refractivity contribution in [3.8, 4) is 28.6 Å². The molecule has 3 N–H and O–H groups in total. The summed E-state index contributed by atoms with van der Waals surface area (Å²) in [5, 5.41) is 29.4. The lowest BCUT2D eigenvalue weighted by molar-refractivity contribution is 0.0917. The summed E-state index contributed by atoms with van der Waals surface area (Å²) < 4.78 is 13.3. The lowest BCUT2D eigenvalue weighted by atomic mass is 9.97. The minimum Gasteiger partial charge on any atom is -0.394 e. The van der Waals surface area contributed by atoms with Crippen molar-refractivity contribution in [2.24, 2.45) is 0 Å². The summed E-state index contributed by atoms with van der Waals surface area (Å²) in [6.07, 6.45) is 2.00. The van der Waals surface area contributed by atoms with Crippen molar-refractivity contribution < 1.29 is 14.3 Å². The van der Waals surface area contributed by atoms with Gasteiger partial charge in [0.15, 0.2) is 0 Å². The molecule has 0 aliphatic rings. The predicted molar refractivity (Wildman–Crippen MR) is 120 cm³/mol. The molecule has 0 fully saturated rings. The van der Waals surface area contributed by atoms with Crippen LogP contribution in [0.1, 0.15) is 21.6 Å². The van der Waals surface area contributed by atoms with E-state index in [0.717, 1.165) is 5.69 Å². The van der Waals surface area contributed by atoms with Gasteiger partial charge in [0.05, 0.1) is 41.2 Å². The first kappa shape index (κ1) is 21.9. The van der Waals surface area contributed by atoms with Crippen LogP contribution in [0.5, 0.6) is 0 Å². The van der Waals surface area contributed by atoms with Crippen molar-refractivity contribution in [2.45, 2.75) is 12.5 Å². The summed E-state index contributed by atoms with van der Waals surface area (Å²) in [5.74, 6) is -0.792. The van der Waals surface area contributed by atoms with Crippen LogP contribution < -0.4 is 5.32 Å². The first-order valence-corrected chi connectivity index (χ1v) is 10.3. The highest BCUT2D eigenvalue weighted by Crippen LogP contribution is 2.29. The van der Waals surface area contributed by atoms with Gasteiger partial charge < -0.3 is 10.4 Å². The van der Waals surface area contributed by atoms with Crippen LogP contribution in [0.15, 0.2) is 72.9 Å². The Morgan fingerprint density at radius 3 is 2.67 bits per heavy atom. The molecule has 2 heterocycles. The first-order valence-electron chi connectivity index (χ1n) is 10.3. The van der Waals surface area contributed by atoms with E-state index in [0.29, 0.717) is 28.9 Å². The minimum atomic E-state index is -0.556. The molecule has 0 spiro atoms. The quantitative estimate of drug-likeness (QED) is 0.406.